The number of rotatable bonds is 6. The van der Waals surface area contributed by atoms with Crippen molar-refractivity contribution in [1.29, 1.82) is 0 Å². The summed E-state index contributed by atoms with van der Waals surface area (Å²) in [6.45, 7) is 3.23. The molecule has 24 heavy (non-hydrogen) atoms. The lowest BCUT2D eigenvalue weighted by Gasteiger charge is -2.07. The molecule has 0 radical (unpaired) electrons. The molecule has 0 spiro atoms. The van der Waals surface area contributed by atoms with E-state index in [4.69, 9.17) is 4.74 Å². The molecule has 1 aromatic carbocycles. The number of aromatic nitrogens is 2. The van der Waals surface area contributed by atoms with Gasteiger partial charge in [0.25, 0.3) is 0 Å². The number of benzene rings is 1. The number of hydrogen-bond donors (Lipinski definition) is 0. The maximum atomic E-state index is 5.61. The Bertz CT molecular complexity index is 783. The third kappa shape index (κ3) is 3.62. The number of para-hydroxylation sites is 1. The molecular formula is C21H24N2O+2. The Kier molecular flexibility index (Phi) is 5.22. The maximum Gasteiger partial charge on any atom is 0.211 e. The van der Waals surface area contributed by atoms with Crippen LogP contribution in [-0.4, -0.2) is 7.11 Å². The minimum atomic E-state index is 0.908. The molecule has 0 fully saturated rings. The van der Waals surface area contributed by atoms with Crippen molar-refractivity contribution in [3.05, 3.63) is 73.3 Å². The summed E-state index contributed by atoms with van der Waals surface area (Å²) in [5, 5.41) is 0. The number of aryl methyl sites for hydroxylation is 1. The van der Waals surface area contributed by atoms with Gasteiger partial charge in [-0.25, -0.2) is 4.57 Å². The topological polar surface area (TPSA) is 17.0 Å². The number of hydrogen-bond acceptors (Lipinski definition) is 1. The second-order valence-corrected chi connectivity index (χ2v) is 5.85. The molecule has 0 aliphatic rings. The van der Waals surface area contributed by atoms with Crippen LogP contribution in [0.15, 0.2) is 73.3 Å². The fourth-order valence-electron chi connectivity index (χ4n) is 2.77. The van der Waals surface area contributed by atoms with Crippen molar-refractivity contribution in [2.45, 2.75) is 26.3 Å². The standard InChI is InChI=1S/C21H24N2O/c1-3-4-13-22-14-12-20(21(17-22)24-2)18-10-15-23(16-11-18)19-8-6-5-7-9-19/h5-12,14-17H,3-4,13H2,1-2H3/q+2. The van der Waals surface area contributed by atoms with Crippen LogP contribution in [0.2, 0.25) is 0 Å². The summed E-state index contributed by atoms with van der Waals surface area (Å²) < 4.78 is 9.91. The van der Waals surface area contributed by atoms with Gasteiger partial charge in [0.15, 0.2) is 24.3 Å². The fourth-order valence-corrected chi connectivity index (χ4v) is 2.77. The second-order valence-electron chi connectivity index (χ2n) is 5.85. The largest absolute Gasteiger partial charge is 0.490 e. The minimum Gasteiger partial charge on any atom is -0.490 e. The van der Waals surface area contributed by atoms with Gasteiger partial charge >= 0.3 is 0 Å². The quantitative estimate of drug-likeness (QED) is 0.633. The molecule has 0 saturated carbocycles. The second kappa shape index (κ2) is 7.73. The van der Waals surface area contributed by atoms with E-state index in [-0.39, 0.29) is 0 Å². The lowest BCUT2D eigenvalue weighted by atomic mass is 10.1. The van der Waals surface area contributed by atoms with E-state index in [0.717, 1.165) is 29.1 Å². The molecule has 3 aromatic rings. The van der Waals surface area contributed by atoms with Crippen molar-refractivity contribution in [1.82, 2.24) is 0 Å². The first kappa shape index (κ1) is 16.2. The first-order valence-electron chi connectivity index (χ1n) is 8.46. The van der Waals surface area contributed by atoms with Gasteiger partial charge in [-0.2, -0.15) is 4.57 Å². The van der Waals surface area contributed by atoms with Crippen LogP contribution in [0.25, 0.3) is 16.8 Å². The van der Waals surface area contributed by atoms with Crippen molar-refractivity contribution in [3.63, 3.8) is 0 Å². The molecule has 0 bridgehead atoms. The van der Waals surface area contributed by atoms with Crippen LogP contribution >= 0.6 is 0 Å². The van der Waals surface area contributed by atoms with Gasteiger partial charge in [0.2, 0.25) is 11.9 Å². The van der Waals surface area contributed by atoms with Crippen molar-refractivity contribution in [2.75, 3.05) is 7.11 Å². The molecule has 122 valence electrons. The first-order chi connectivity index (χ1) is 11.8. The molecule has 0 atom stereocenters. The summed E-state index contributed by atoms with van der Waals surface area (Å²) in [7, 11) is 1.73. The Balaban J connectivity index is 1.88. The molecule has 0 aliphatic heterocycles. The molecular weight excluding hydrogens is 296 g/mol. The summed E-state index contributed by atoms with van der Waals surface area (Å²) in [6.07, 6.45) is 10.8. The predicted molar refractivity (Wildman–Crippen MR) is 95.1 cm³/mol. The third-order valence-electron chi connectivity index (χ3n) is 4.17. The lowest BCUT2D eigenvalue weighted by molar-refractivity contribution is -0.697. The average Bonchev–Trinajstić information content (AvgIpc) is 2.67. The van der Waals surface area contributed by atoms with Crippen LogP contribution in [-0.2, 0) is 6.54 Å². The monoisotopic (exact) mass is 320 g/mol. The van der Waals surface area contributed by atoms with E-state index in [9.17, 15) is 0 Å². The molecule has 3 rings (SSSR count). The third-order valence-corrected chi connectivity index (χ3v) is 4.17. The highest BCUT2D eigenvalue weighted by Gasteiger charge is 2.13. The van der Waals surface area contributed by atoms with Gasteiger partial charge in [-0.3, -0.25) is 0 Å². The van der Waals surface area contributed by atoms with E-state index in [1.807, 2.05) is 18.2 Å². The SMILES string of the molecule is CCCC[n+]1ccc(-c2cc[n+](-c3ccccc3)cc2)c(OC)c1. The van der Waals surface area contributed by atoms with Crippen molar-refractivity contribution >= 4 is 0 Å². The van der Waals surface area contributed by atoms with Crippen LogP contribution in [0.1, 0.15) is 19.8 Å². The molecule has 3 nitrogen and oxygen atoms in total. The van der Waals surface area contributed by atoms with Crippen molar-refractivity contribution in [3.8, 4) is 22.6 Å². The Morgan fingerprint density at radius 3 is 2.33 bits per heavy atom. The van der Waals surface area contributed by atoms with Crippen molar-refractivity contribution < 1.29 is 13.9 Å². The Morgan fingerprint density at radius 1 is 0.917 bits per heavy atom. The predicted octanol–water partition coefficient (Wildman–Crippen LogP) is 3.73. The smallest absolute Gasteiger partial charge is 0.211 e. The normalized spacial score (nSPS) is 10.6. The highest BCUT2D eigenvalue weighted by Crippen LogP contribution is 2.27. The van der Waals surface area contributed by atoms with Crippen LogP contribution < -0.4 is 13.9 Å². The molecule has 0 saturated heterocycles. The number of nitrogens with zero attached hydrogens (tertiary/aromatic N) is 2. The Morgan fingerprint density at radius 2 is 1.67 bits per heavy atom. The Hall–Kier alpha value is -2.68. The van der Waals surface area contributed by atoms with E-state index in [2.05, 4.69) is 71.2 Å². The summed E-state index contributed by atoms with van der Waals surface area (Å²) in [4.78, 5) is 0. The van der Waals surface area contributed by atoms with E-state index in [1.54, 1.807) is 7.11 Å². The highest BCUT2D eigenvalue weighted by atomic mass is 16.5. The zero-order valence-corrected chi connectivity index (χ0v) is 14.4. The van der Waals surface area contributed by atoms with Crippen LogP contribution in [0.3, 0.4) is 0 Å². The molecule has 2 aromatic heterocycles. The lowest BCUT2D eigenvalue weighted by Crippen LogP contribution is -2.32. The number of unbranched alkanes of at least 4 members (excludes halogenated alkanes) is 1. The molecule has 0 N–H and O–H groups in total. The minimum absolute atomic E-state index is 0.908. The zero-order valence-electron chi connectivity index (χ0n) is 14.4. The highest BCUT2D eigenvalue weighted by molar-refractivity contribution is 5.68. The summed E-state index contributed by atoms with van der Waals surface area (Å²) in [6, 6.07) is 16.7. The fraction of sp³-hybridized carbons (Fsp3) is 0.238. The van der Waals surface area contributed by atoms with Gasteiger partial charge < -0.3 is 4.74 Å². The van der Waals surface area contributed by atoms with Crippen LogP contribution in [0.4, 0.5) is 0 Å². The molecule has 0 unspecified atom stereocenters. The maximum absolute atomic E-state index is 5.61. The number of methoxy groups -OCH3 is 1. The van der Waals surface area contributed by atoms with Crippen molar-refractivity contribution in [2.24, 2.45) is 0 Å². The summed E-state index contributed by atoms with van der Waals surface area (Å²) in [5.74, 6) is 0.908. The molecule has 0 aliphatic carbocycles. The van der Waals surface area contributed by atoms with Gasteiger partial charge in [0.05, 0.1) is 7.11 Å². The molecule has 3 heteroatoms. The number of ether oxygens (including phenoxy) is 1. The zero-order chi connectivity index (χ0) is 16.8. The average molecular weight is 320 g/mol. The van der Waals surface area contributed by atoms with Crippen LogP contribution in [0, 0.1) is 0 Å². The Labute approximate surface area is 143 Å². The molecule has 0 amide bonds. The van der Waals surface area contributed by atoms with E-state index in [1.165, 1.54) is 12.8 Å². The van der Waals surface area contributed by atoms with Gasteiger partial charge in [0, 0.05) is 42.3 Å². The summed E-state index contributed by atoms with van der Waals surface area (Å²) >= 11 is 0. The van der Waals surface area contributed by atoms with Gasteiger partial charge in [-0.1, -0.05) is 31.5 Å². The first-order valence-corrected chi connectivity index (χ1v) is 8.46. The van der Waals surface area contributed by atoms with E-state index < -0.39 is 0 Å². The molecule has 2 heterocycles. The summed E-state index contributed by atoms with van der Waals surface area (Å²) in [5.41, 5.74) is 3.42. The van der Waals surface area contributed by atoms with Crippen LogP contribution in [0.5, 0.6) is 5.75 Å². The van der Waals surface area contributed by atoms with Gasteiger partial charge in [-0.15, -0.1) is 0 Å². The van der Waals surface area contributed by atoms with E-state index >= 15 is 0 Å². The van der Waals surface area contributed by atoms with E-state index in [0.29, 0.717) is 0 Å². The van der Waals surface area contributed by atoms with Gasteiger partial charge in [-0.05, 0) is 5.56 Å². The number of pyridine rings is 2. The van der Waals surface area contributed by atoms with Gasteiger partial charge in [0.1, 0.15) is 6.54 Å².